The van der Waals surface area contributed by atoms with Gasteiger partial charge in [0.1, 0.15) is 0 Å². The SMILES string of the molecule is CCOC(C)(CC)C(Cc1ccn(C(CC)CC)n1)NC. The van der Waals surface area contributed by atoms with E-state index in [0.717, 1.165) is 38.0 Å². The number of ether oxygens (including phenoxy) is 1. The summed E-state index contributed by atoms with van der Waals surface area (Å²) < 4.78 is 8.12. The van der Waals surface area contributed by atoms with E-state index in [9.17, 15) is 0 Å². The summed E-state index contributed by atoms with van der Waals surface area (Å²) in [6.07, 6.45) is 6.24. The number of nitrogens with zero attached hydrogens (tertiary/aromatic N) is 2. The van der Waals surface area contributed by atoms with Crippen LogP contribution in [0.3, 0.4) is 0 Å². The summed E-state index contributed by atoms with van der Waals surface area (Å²) in [4.78, 5) is 0. The molecule has 0 saturated carbocycles. The standard InChI is InChI=1S/C17H33N3O/c1-7-15(8-2)20-12-11-14(19-20)13-16(18-6)17(5,9-3)21-10-4/h11-12,15-16,18H,7-10,13H2,1-6H3. The Hall–Kier alpha value is -0.870. The highest BCUT2D eigenvalue weighted by atomic mass is 16.5. The summed E-state index contributed by atoms with van der Waals surface area (Å²) in [5.74, 6) is 0. The molecule has 0 radical (unpaired) electrons. The number of nitrogens with one attached hydrogen (secondary N) is 1. The molecule has 0 fully saturated rings. The monoisotopic (exact) mass is 295 g/mol. The van der Waals surface area contributed by atoms with Gasteiger partial charge in [0, 0.05) is 25.3 Å². The van der Waals surface area contributed by atoms with Crippen LogP contribution in [0.4, 0.5) is 0 Å². The molecule has 1 aromatic heterocycles. The fourth-order valence-corrected chi connectivity index (χ4v) is 2.96. The van der Waals surface area contributed by atoms with Gasteiger partial charge in [0.05, 0.1) is 17.3 Å². The lowest BCUT2D eigenvalue weighted by molar-refractivity contribution is -0.0536. The molecule has 0 aliphatic rings. The van der Waals surface area contributed by atoms with E-state index < -0.39 is 0 Å². The lowest BCUT2D eigenvalue weighted by Gasteiger charge is -2.36. The van der Waals surface area contributed by atoms with Crippen LogP contribution in [0.15, 0.2) is 12.3 Å². The molecule has 1 N–H and O–H groups in total. The summed E-state index contributed by atoms with van der Waals surface area (Å²) in [7, 11) is 2.01. The maximum Gasteiger partial charge on any atom is 0.0807 e. The molecule has 2 unspecified atom stereocenters. The number of likely N-dealkylation sites (N-methyl/N-ethyl adjacent to an activating group) is 1. The van der Waals surface area contributed by atoms with Crippen LogP contribution in [0.2, 0.25) is 0 Å². The third-order valence-electron chi connectivity index (χ3n) is 4.66. The smallest absolute Gasteiger partial charge is 0.0807 e. The zero-order chi connectivity index (χ0) is 15.9. The molecule has 4 nitrogen and oxygen atoms in total. The van der Waals surface area contributed by atoms with Gasteiger partial charge in [0.2, 0.25) is 0 Å². The van der Waals surface area contributed by atoms with Gasteiger partial charge < -0.3 is 10.1 Å². The quantitative estimate of drug-likeness (QED) is 0.717. The van der Waals surface area contributed by atoms with Crippen molar-refractivity contribution in [2.24, 2.45) is 0 Å². The molecule has 0 aliphatic heterocycles. The molecule has 1 rings (SSSR count). The number of rotatable bonds is 10. The molecule has 1 heterocycles. The van der Waals surface area contributed by atoms with Gasteiger partial charge in [-0.25, -0.2) is 0 Å². The molecule has 4 heteroatoms. The molecule has 0 spiro atoms. The van der Waals surface area contributed by atoms with Crippen molar-refractivity contribution in [2.75, 3.05) is 13.7 Å². The largest absolute Gasteiger partial charge is 0.374 e. The van der Waals surface area contributed by atoms with Crippen LogP contribution in [0.5, 0.6) is 0 Å². The number of hydrogen-bond donors (Lipinski definition) is 1. The van der Waals surface area contributed by atoms with E-state index in [1.165, 1.54) is 0 Å². The topological polar surface area (TPSA) is 39.1 Å². The van der Waals surface area contributed by atoms with Crippen molar-refractivity contribution >= 4 is 0 Å². The normalized spacial score (nSPS) is 16.1. The molecule has 1 aromatic rings. The molecule has 0 bridgehead atoms. The second-order valence-corrected chi connectivity index (χ2v) is 5.90. The molecule has 0 amide bonds. The van der Waals surface area contributed by atoms with Gasteiger partial charge >= 0.3 is 0 Å². The minimum absolute atomic E-state index is 0.151. The summed E-state index contributed by atoms with van der Waals surface area (Å²) in [5, 5.41) is 8.19. The van der Waals surface area contributed by atoms with Crippen molar-refractivity contribution < 1.29 is 4.74 Å². The minimum Gasteiger partial charge on any atom is -0.374 e. The number of aromatic nitrogens is 2. The van der Waals surface area contributed by atoms with Crippen molar-refractivity contribution in [3.05, 3.63) is 18.0 Å². The van der Waals surface area contributed by atoms with E-state index in [1.807, 2.05) is 7.05 Å². The first kappa shape index (κ1) is 18.2. The van der Waals surface area contributed by atoms with Gasteiger partial charge in [-0.1, -0.05) is 20.8 Å². The Kier molecular flexibility index (Phi) is 7.40. The van der Waals surface area contributed by atoms with Crippen molar-refractivity contribution in [2.45, 2.75) is 78.0 Å². The molecule has 0 aromatic carbocycles. The third kappa shape index (κ3) is 4.55. The lowest BCUT2D eigenvalue weighted by atomic mass is 9.90. The molecule has 2 atom stereocenters. The van der Waals surface area contributed by atoms with Crippen LogP contribution < -0.4 is 5.32 Å². The van der Waals surface area contributed by atoms with E-state index in [1.54, 1.807) is 0 Å². The first-order chi connectivity index (χ1) is 10.0. The zero-order valence-corrected chi connectivity index (χ0v) is 14.6. The second-order valence-electron chi connectivity index (χ2n) is 5.90. The van der Waals surface area contributed by atoms with Gasteiger partial charge in [-0.3, -0.25) is 4.68 Å². The van der Waals surface area contributed by atoms with E-state index in [0.29, 0.717) is 6.04 Å². The van der Waals surface area contributed by atoms with Gasteiger partial charge in [-0.15, -0.1) is 0 Å². The van der Waals surface area contributed by atoms with Gasteiger partial charge in [-0.05, 0) is 46.2 Å². The highest BCUT2D eigenvalue weighted by molar-refractivity contribution is 5.05. The predicted molar refractivity (Wildman–Crippen MR) is 88.7 cm³/mol. The first-order valence-electron chi connectivity index (χ1n) is 8.39. The van der Waals surface area contributed by atoms with E-state index >= 15 is 0 Å². The Bertz CT molecular complexity index is 400. The molecular formula is C17H33N3O. The Morgan fingerprint density at radius 3 is 2.43 bits per heavy atom. The minimum atomic E-state index is -0.151. The second kappa shape index (κ2) is 8.54. The molecule has 0 saturated heterocycles. The highest BCUT2D eigenvalue weighted by Crippen LogP contribution is 2.23. The molecule has 21 heavy (non-hydrogen) atoms. The van der Waals surface area contributed by atoms with Gasteiger partial charge in [0.15, 0.2) is 0 Å². The molecule has 122 valence electrons. The van der Waals surface area contributed by atoms with Crippen molar-refractivity contribution in [1.82, 2.24) is 15.1 Å². The van der Waals surface area contributed by atoms with Crippen LogP contribution in [-0.4, -0.2) is 35.1 Å². The summed E-state index contributed by atoms with van der Waals surface area (Å²) in [6.45, 7) is 11.6. The summed E-state index contributed by atoms with van der Waals surface area (Å²) in [6, 6.07) is 2.92. The Morgan fingerprint density at radius 2 is 1.95 bits per heavy atom. The van der Waals surface area contributed by atoms with Crippen LogP contribution in [0, 0.1) is 0 Å². The van der Waals surface area contributed by atoms with Gasteiger partial charge in [-0.2, -0.15) is 5.10 Å². The van der Waals surface area contributed by atoms with Crippen molar-refractivity contribution in [3.8, 4) is 0 Å². The lowest BCUT2D eigenvalue weighted by Crippen LogP contribution is -2.50. The van der Waals surface area contributed by atoms with E-state index in [-0.39, 0.29) is 11.6 Å². The van der Waals surface area contributed by atoms with Crippen molar-refractivity contribution in [1.29, 1.82) is 0 Å². The average molecular weight is 295 g/mol. The fraction of sp³-hybridized carbons (Fsp3) is 0.824. The van der Waals surface area contributed by atoms with Crippen LogP contribution in [-0.2, 0) is 11.2 Å². The summed E-state index contributed by atoms with van der Waals surface area (Å²) >= 11 is 0. The maximum absolute atomic E-state index is 6.00. The third-order valence-corrected chi connectivity index (χ3v) is 4.66. The fourth-order valence-electron chi connectivity index (χ4n) is 2.96. The first-order valence-corrected chi connectivity index (χ1v) is 8.39. The Balaban J connectivity index is 2.82. The highest BCUT2D eigenvalue weighted by Gasteiger charge is 2.32. The van der Waals surface area contributed by atoms with E-state index in [2.05, 4.69) is 56.9 Å². The maximum atomic E-state index is 6.00. The molecule has 0 aliphatic carbocycles. The predicted octanol–water partition coefficient (Wildman–Crippen LogP) is 3.58. The Morgan fingerprint density at radius 1 is 1.29 bits per heavy atom. The van der Waals surface area contributed by atoms with Crippen LogP contribution in [0.25, 0.3) is 0 Å². The molecular weight excluding hydrogens is 262 g/mol. The van der Waals surface area contributed by atoms with Crippen LogP contribution >= 0.6 is 0 Å². The Labute approximate surface area is 130 Å². The van der Waals surface area contributed by atoms with Crippen molar-refractivity contribution in [3.63, 3.8) is 0 Å². The summed E-state index contributed by atoms with van der Waals surface area (Å²) in [5.41, 5.74) is 0.989. The van der Waals surface area contributed by atoms with Crippen LogP contribution in [0.1, 0.15) is 65.6 Å². The average Bonchev–Trinajstić information content (AvgIpc) is 2.94. The van der Waals surface area contributed by atoms with E-state index in [4.69, 9.17) is 9.84 Å². The van der Waals surface area contributed by atoms with Gasteiger partial charge in [0.25, 0.3) is 0 Å². The zero-order valence-electron chi connectivity index (χ0n) is 14.6. The number of hydrogen-bond acceptors (Lipinski definition) is 3.